The van der Waals surface area contributed by atoms with Gasteiger partial charge in [-0.3, -0.25) is 4.79 Å². The average molecular weight is 260 g/mol. The topological polar surface area (TPSA) is 94.0 Å². The van der Waals surface area contributed by atoms with Gasteiger partial charge in [0.2, 0.25) is 6.39 Å². The molecule has 0 spiro atoms. The predicted octanol–water partition coefficient (Wildman–Crippen LogP) is 0.543. The molecule has 0 aliphatic heterocycles. The molecular weight excluding hydrogens is 244 g/mol. The lowest BCUT2D eigenvalue weighted by atomic mass is 10.0. The van der Waals surface area contributed by atoms with Crippen LogP contribution in [0.5, 0.6) is 0 Å². The number of carbonyl (C=O) groups is 1. The Labute approximate surface area is 111 Å². The number of amides is 1. The van der Waals surface area contributed by atoms with Gasteiger partial charge in [0.05, 0.1) is 0 Å². The summed E-state index contributed by atoms with van der Waals surface area (Å²) < 4.78 is 4.62. The smallest absolute Gasteiger partial charge is 0.251 e. The van der Waals surface area contributed by atoms with Crippen molar-refractivity contribution in [2.75, 3.05) is 13.1 Å². The van der Waals surface area contributed by atoms with Crippen LogP contribution in [-0.4, -0.2) is 29.1 Å². The number of hydrogen-bond acceptors (Lipinski definition) is 5. The van der Waals surface area contributed by atoms with E-state index in [0.717, 1.165) is 5.56 Å². The molecule has 0 radical (unpaired) electrons. The third kappa shape index (κ3) is 3.62. The minimum atomic E-state index is -0.104. The minimum Gasteiger partial charge on any atom is -0.352 e. The summed E-state index contributed by atoms with van der Waals surface area (Å²) >= 11 is 0. The average Bonchev–Trinajstić information content (AvgIpc) is 2.93. The van der Waals surface area contributed by atoms with E-state index in [9.17, 15) is 4.79 Å². The first-order valence-electron chi connectivity index (χ1n) is 6.12. The van der Waals surface area contributed by atoms with Crippen LogP contribution < -0.4 is 11.1 Å². The summed E-state index contributed by atoms with van der Waals surface area (Å²) in [6.45, 7) is 0.989. The quantitative estimate of drug-likeness (QED) is 0.790. The molecule has 0 unspecified atom stereocenters. The van der Waals surface area contributed by atoms with Gasteiger partial charge in [-0.15, -0.1) is 0 Å². The van der Waals surface area contributed by atoms with Gasteiger partial charge in [-0.1, -0.05) is 23.4 Å². The van der Waals surface area contributed by atoms with Crippen LogP contribution in [0.25, 0.3) is 0 Å². The van der Waals surface area contributed by atoms with Crippen LogP contribution in [0.2, 0.25) is 0 Å². The first-order chi connectivity index (χ1) is 9.31. The Morgan fingerprint density at radius 1 is 1.32 bits per heavy atom. The van der Waals surface area contributed by atoms with Gasteiger partial charge < -0.3 is 15.6 Å². The fraction of sp³-hybridized carbons (Fsp3) is 0.308. The highest BCUT2D eigenvalue weighted by atomic mass is 16.5. The van der Waals surface area contributed by atoms with Crippen molar-refractivity contribution >= 4 is 5.91 Å². The fourth-order valence-electron chi connectivity index (χ4n) is 1.80. The van der Waals surface area contributed by atoms with E-state index in [4.69, 9.17) is 5.73 Å². The molecule has 1 aromatic heterocycles. The Hall–Kier alpha value is -2.21. The number of aromatic nitrogens is 2. The standard InChI is InChI=1S/C13H16N4O2/c14-7-5-10-3-1-2-4-11(10)13(18)15-8-6-12-16-9-19-17-12/h1-4,9H,5-8,14H2,(H,15,18). The molecule has 6 nitrogen and oxygen atoms in total. The summed E-state index contributed by atoms with van der Waals surface area (Å²) in [4.78, 5) is 15.9. The molecule has 0 atom stereocenters. The summed E-state index contributed by atoms with van der Waals surface area (Å²) in [6, 6.07) is 7.46. The highest BCUT2D eigenvalue weighted by Gasteiger charge is 2.10. The zero-order valence-corrected chi connectivity index (χ0v) is 10.5. The van der Waals surface area contributed by atoms with Crippen molar-refractivity contribution in [3.63, 3.8) is 0 Å². The lowest BCUT2D eigenvalue weighted by Crippen LogP contribution is -2.27. The number of rotatable bonds is 6. The van der Waals surface area contributed by atoms with Gasteiger partial charge in [0, 0.05) is 18.5 Å². The maximum atomic E-state index is 12.1. The zero-order chi connectivity index (χ0) is 13.5. The third-order valence-corrected chi connectivity index (χ3v) is 2.72. The van der Waals surface area contributed by atoms with Crippen LogP contribution in [0.4, 0.5) is 0 Å². The van der Waals surface area contributed by atoms with E-state index >= 15 is 0 Å². The van der Waals surface area contributed by atoms with Gasteiger partial charge in [0.1, 0.15) is 0 Å². The van der Waals surface area contributed by atoms with Crippen LogP contribution >= 0.6 is 0 Å². The third-order valence-electron chi connectivity index (χ3n) is 2.72. The molecule has 1 heterocycles. The highest BCUT2D eigenvalue weighted by molar-refractivity contribution is 5.95. The number of nitrogens with two attached hydrogens (primary N) is 1. The lowest BCUT2D eigenvalue weighted by molar-refractivity contribution is 0.0953. The number of carbonyl (C=O) groups excluding carboxylic acids is 1. The SMILES string of the molecule is NCCc1ccccc1C(=O)NCCc1ncon1. The van der Waals surface area contributed by atoms with Crippen molar-refractivity contribution in [2.24, 2.45) is 5.73 Å². The molecule has 0 saturated carbocycles. The first-order valence-corrected chi connectivity index (χ1v) is 6.12. The molecule has 1 aromatic carbocycles. The van der Waals surface area contributed by atoms with E-state index in [1.54, 1.807) is 6.07 Å². The molecule has 0 fully saturated rings. The van der Waals surface area contributed by atoms with E-state index < -0.39 is 0 Å². The van der Waals surface area contributed by atoms with Gasteiger partial charge in [0.15, 0.2) is 5.82 Å². The van der Waals surface area contributed by atoms with Crippen molar-refractivity contribution in [3.8, 4) is 0 Å². The summed E-state index contributed by atoms with van der Waals surface area (Å²) in [5.41, 5.74) is 7.16. The molecule has 3 N–H and O–H groups in total. The van der Waals surface area contributed by atoms with Gasteiger partial charge >= 0.3 is 0 Å². The normalized spacial score (nSPS) is 10.4. The minimum absolute atomic E-state index is 0.104. The monoisotopic (exact) mass is 260 g/mol. The van der Waals surface area contributed by atoms with E-state index in [-0.39, 0.29) is 5.91 Å². The molecule has 0 saturated heterocycles. The summed E-state index contributed by atoms with van der Waals surface area (Å²) in [5, 5.41) is 6.51. The number of hydrogen-bond donors (Lipinski definition) is 2. The van der Waals surface area contributed by atoms with Gasteiger partial charge in [-0.2, -0.15) is 4.98 Å². The second-order valence-corrected chi connectivity index (χ2v) is 4.05. The molecule has 2 rings (SSSR count). The van der Waals surface area contributed by atoms with Crippen molar-refractivity contribution in [2.45, 2.75) is 12.8 Å². The second-order valence-electron chi connectivity index (χ2n) is 4.05. The number of nitrogens with zero attached hydrogens (tertiary/aromatic N) is 2. The Morgan fingerprint density at radius 3 is 2.89 bits per heavy atom. The molecule has 0 aliphatic rings. The van der Waals surface area contributed by atoms with E-state index in [1.165, 1.54) is 6.39 Å². The van der Waals surface area contributed by atoms with Crippen LogP contribution in [0.1, 0.15) is 21.7 Å². The van der Waals surface area contributed by atoms with Gasteiger partial charge in [-0.25, -0.2) is 0 Å². The molecule has 100 valence electrons. The number of benzene rings is 1. The second kappa shape index (κ2) is 6.65. The summed E-state index contributed by atoms with van der Waals surface area (Å²) in [7, 11) is 0. The molecule has 2 aromatic rings. The van der Waals surface area contributed by atoms with E-state index in [1.807, 2.05) is 18.2 Å². The Bertz CT molecular complexity index is 525. The van der Waals surface area contributed by atoms with E-state index in [0.29, 0.717) is 37.3 Å². The van der Waals surface area contributed by atoms with Crippen molar-refractivity contribution in [1.29, 1.82) is 0 Å². The highest BCUT2D eigenvalue weighted by Crippen LogP contribution is 2.08. The Kier molecular flexibility index (Phi) is 4.63. The van der Waals surface area contributed by atoms with Crippen molar-refractivity contribution < 1.29 is 9.32 Å². The Balaban J connectivity index is 1.92. The summed E-state index contributed by atoms with van der Waals surface area (Å²) in [6.07, 6.45) is 2.50. The van der Waals surface area contributed by atoms with Crippen LogP contribution in [0.15, 0.2) is 35.2 Å². The molecule has 19 heavy (non-hydrogen) atoms. The van der Waals surface area contributed by atoms with Crippen LogP contribution in [-0.2, 0) is 12.8 Å². The van der Waals surface area contributed by atoms with Crippen LogP contribution in [0, 0.1) is 0 Å². The van der Waals surface area contributed by atoms with E-state index in [2.05, 4.69) is 20.0 Å². The molecular formula is C13H16N4O2. The maximum Gasteiger partial charge on any atom is 0.251 e. The maximum absolute atomic E-state index is 12.1. The zero-order valence-electron chi connectivity index (χ0n) is 10.5. The summed E-state index contributed by atoms with van der Waals surface area (Å²) in [5.74, 6) is 0.475. The van der Waals surface area contributed by atoms with Crippen molar-refractivity contribution in [3.05, 3.63) is 47.6 Å². The largest absolute Gasteiger partial charge is 0.352 e. The number of nitrogens with one attached hydrogen (secondary N) is 1. The fourth-order valence-corrected chi connectivity index (χ4v) is 1.80. The molecule has 6 heteroatoms. The molecule has 1 amide bonds. The predicted molar refractivity (Wildman–Crippen MR) is 69.5 cm³/mol. The van der Waals surface area contributed by atoms with Gasteiger partial charge in [0.25, 0.3) is 5.91 Å². The van der Waals surface area contributed by atoms with Gasteiger partial charge in [-0.05, 0) is 24.6 Å². The first kappa shape index (κ1) is 13.2. The lowest BCUT2D eigenvalue weighted by Gasteiger charge is -2.08. The Morgan fingerprint density at radius 2 is 2.16 bits per heavy atom. The molecule has 0 aliphatic carbocycles. The van der Waals surface area contributed by atoms with Crippen molar-refractivity contribution in [1.82, 2.24) is 15.5 Å². The molecule has 0 bridgehead atoms. The van der Waals surface area contributed by atoms with Crippen LogP contribution in [0.3, 0.4) is 0 Å².